The maximum absolute atomic E-state index is 11.8. The second kappa shape index (κ2) is 10.7. The summed E-state index contributed by atoms with van der Waals surface area (Å²) in [5, 5.41) is 0. The van der Waals surface area contributed by atoms with Gasteiger partial charge in [0.2, 0.25) is 0 Å². The van der Waals surface area contributed by atoms with Gasteiger partial charge >= 0.3 is 5.97 Å². The molecule has 0 heterocycles. The smallest absolute Gasteiger partial charge is 0.333 e. The van der Waals surface area contributed by atoms with E-state index in [0.717, 1.165) is 22.4 Å². The van der Waals surface area contributed by atoms with Crippen LogP contribution in [0.15, 0.2) is 140 Å². The van der Waals surface area contributed by atoms with Gasteiger partial charge < -0.3 is 9.47 Å². The van der Waals surface area contributed by atoms with Crippen molar-refractivity contribution in [1.82, 2.24) is 0 Å². The summed E-state index contributed by atoms with van der Waals surface area (Å²) in [5.74, 6) is 0.328. The first kappa shape index (κ1) is 25.4. The van der Waals surface area contributed by atoms with Crippen molar-refractivity contribution in [1.29, 1.82) is 0 Å². The molecular formula is C37H30O3. The van der Waals surface area contributed by atoms with E-state index in [4.69, 9.17) is 9.47 Å². The minimum absolute atomic E-state index is 0.149. The predicted molar refractivity (Wildman–Crippen MR) is 160 cm³/mol. The first-order valence-electron chi connectivity index (χ1n) is 13.5. The largest absolute Gasteiger partial charge is 0.489 e. The highest BCUT2D eigenvalue weighted by atomic mass is 16.6. The monoisotopic (exact) mass is 522 g/mol. The van der Waals surface area contributed by atoms with E-state index >= 15 is 0 Å². The Bertz CT molecular complexity index is 1640. The lowest BCUT2D eigenvalue weighted by atomic mass is 9.67. The van der Waals surface area contributed by atoms with Gasteiger partial charge in [-0.25, -0.2) is 4.79 Å². The van der Waals surface area contributed by atoms with E-state index in [2.05, 4.69) is 110 Å². The van der Waals surface area contributed by atoms with Crippen LogP contribution in [0.2, 0.25) is 0 Å². The molecule has 196 valence electrons. The van der Waals surface area contributed by atoms with E-state index in [1.165, 1.54) is 27.8 Å². The van der Waals surface area contributed by atoms with E-state index < -0.39 is 11.4 Å². The summed E-state index contributed by atoms with van der Waals surface area (Å²) in [6.45, 7) is 5.67. The minimum Gasteiger partial charge on any atom is -0.489 e. The zero-order valence-electron chi connectivity index (χ0n) is 22.5. The van der Waals surface area contributed by atoms with E-state index in [9.17, 15) is 4.79 Å². The van der Waals surface area contributed by atoms with Crippen LogP contribution in [-0.2, 0) is 14.9 Å². The molecular weight excluding hydrogens is 492 g/mol. The summed E-state index contributed by atoms with van der Waals surface area (Å²) in [7, 11) is 0. The molecule has 0 atom stereocenters. The molecule has 0 saturated carbocycles. The third-order valence-electron chi connectivity index (χ3n) is 7.58. The zero-order chi connectivity index (χ0) is 27.5. The van der Waals surface area contributed by atoms with Crippen LogP contribution < -0.4 is 4.74 Å². The van der Waals surface area contributed by atoms with Crippen LogP contribution in [0.5, 0.6) is 5.75 Å². The fourth-order valence-corrected chi connectivity index (χ4v) is 5.85. The summed E-state index contributed by atoms with van der Waals surface area (Å²) >= 11 is 0. The first-order valence-corrected chi connectivity index (χ1v) is 13.5. The van der Waals surface area contributed by atoms with Gasteiger partial charge in [0.1, 0.15) is 19.0 Å². The number of esters is 1. The molecule has 0 aromatic heterocycles. The molecule has 0 spiro atoms. The van der Waals surface area contributed by atoms with Crippen molar-refractivity contribution in [3.63, 3.8) is 0 Å². The molecule has 40 heavy (non-hydrogen) atoms. The summed E-state index contributed by atoms with van der Waals surface area (Å²) in [6.07, 6.45) is 0. The van der Waals surface area contributed by atoms with Gasteiger partial charge in [0.05, 0.1) is 5.41 Å². The standard InChI is InChI=1S/C37H30O3/c1-26(2)36(38)40-24-23-39-35-22-21-29(25-32(35)27-13-5-3-6-14-27)37(28-15-7-4-8-16-28)33-19-11-9-17-30(33)31-18-10-12-20-34(31)37/h3-22,25H,1,23-24H2,2H3. The third kappa shape index (κ3) is 4.30. The predicted octanol–water partition coefficient (Wildman–Crippen LogP) is 8.21. The lowest BCUT2D eigenvalue weighted by Gasteiger charge is -2.34. The van der Waals surface area contributed by atoms with Crippen LogP contribution in [0.3, 0.4) is 0 Å². The molecule has 0 radical (unpaired) electrons. The Kier molecular flexibility index (Phi) is 6.79. The molecule has 0 fully saturated rings. The first-order chi connectivity index (χ1) is 19.6. The second-order valence-corrected chi connectivity index (χ2v) is 10.0. The Hall–Kier alpha value is -4.89. The summed E-state index contributed by atoms with van der Waals surface area (Å²) in [5.41, 5.74) is 9.34. The number of benzene rings is 5. The molecule has 1 aliphatic carbocycles. The van der Waals surface area contributed by atoms with Gasteiger partial charge in [-0.15, -0.1) is 0 Å². The number of carbonyl (C=O) groups excluding carboxylic acids is 1. The number of hydrogen-bond donors (Lipinski definition) is 0. The lowest BCUT2D eigenvalue weighted by Crippen LogP contribution is -2.28. The lowest BCUT2D eigenvalue weighted by molar-refractivity contribution is -0.139. The van der Waals surface area contributed by atoms with Crippen molar-refractivity contribution in [2.45, 2.75) is 12.3 Å². The molecule has 6 rings (SSSR count). The Labute approximate surface area is 235 Å². The van der Waals surface area contributed by atoms with Gasteiger partial charge in [-0.05, 0) is 58.0 Å². The molecule has 0 unspecified atom stereocenters. The average Bonchev–Trinajstić information content (AvgIpc) is 3.31. The molecule has 0 N–H and O–H groups in total. The highest BCUT2D eigenvalue weighted by Gasteiger charge is 2.46. The van der Waals surface area contributed by atoms with Gasteiger partial charge in [-0.1, -0.05) is 122 Å². The number of hydrogen-bond acceptors (Lipinski definition) is 3. The molecule has 0 aliphatic heterocycles. The number of rotatable bonds is 8. The Morgan fingerprint density at radius 1 is 0.650 bits per heavy atom. The second-order valence-electron chi connectivity index (χ2n) is 10.0. The molecule has 1 aliphatic rings. The maximum atomic E-state index is 11.8. The molecule has 0 amide bonds. The topological polar surface area (TPSA) is 35.5 Å². The fourth-order valence-electron chi connectivity index (χ4n) is 5.85. The molecule has 0 bridgehead atoms. The Morgan fingerprint density at radius 3 is 1.85 bits per heavy atom. The Balaban J connectivity index is 1.52. The number of ether oxygens (including phenoxy) is 2. The average molecular weight is 523 g/mol. The quantitative estimate of drug-likeness (QED) is 0.115. The highest BCUT2D eigenvalue weighted by Crippen LogP contribution is 2.56. The maximum Gasteiger partial charge on any atom is 0.333 e. The zero-order valence-corrected chi connectivity index (χ0v) is 22.5. The summed E-state index contributed by atoms with van der Waals surface area (Å²) in [6, 6.07) is 44.9. The van der Waals surface area contributed by atoms with Crippen LogP contribution in [0.25, 0.3) is 22.3 Å². The number of carbonyl (C=O) groups is 1. The van der Waals surface area contributed by atoms with Crippen LogP contribution in [0, 0.1) is 0 Å². The van der Waals surface area contributed by atoms with Crippen LogP contribution in [0.4, 0.5) is 0 Å². The molecule has 5 aromatic carbocycles. The van der Waals surface area contributed by atoms with Crippen molar-refractivity contribution in [2.24, 2.45) is 0 Å². The van der Waals surface area contributed by atoms with Gasteiger partial charge in [0.15, 0.2) is 0 Å². The van der Waals surface area contributed by atoms with E-state index in [0.29, 0.717) is 5.57 Å². The van der Waals surface area contributed by atoms with Gasteiger partial charge in [-0.2, -0.15) is 0 Å². The van der Waals surface area contributed by atoms with Crippen LogP contribution >= 0.6 is 0 Å². The van der Waals surface area contributed by atoms with Gasteiger partial charge in [0.25, 0.3) is 0 Å². The van der Waals surface area contributed by atoms with E-state index in [-0.39, 0.29) is 13.2 Å². The van der Waals surface area contributed by atoms with E-state index in [1.54, 1.807) is 6.92 Å². The minimum atomic E-state index is -0.493. The highest BCUT2D eigenvalue weighted by molar-refractivity contribution is 5.87. The third-order valence-corrected chi connectivity index (χ3v) is 7.58. The van der Waals surface area contributed by atoms with Crippen molar-refractivity contribution in [3.05, 3.63) is 162 Å². The van der Waals surface area contributed by atoms with E-state index in [1.807, 2.05) is 24.3 Å². The van der Waals surface area contributed by atoms with Crippen molar-refractivity contribution < 1.29 is 14.3 Å². The molecule has 3 heteroatoms. The van der Waals surface area contributed by atoms with Gasteiger partial charge in [0, 0.05) is 11.1 Å². The SMILES string of the molecule is C=C(C)C(=O)OCCOc1ccc(C2(c3ccccc3)c3ccccc3-c3ccccc32)cc1-c1ccccc1. The van der Waals surface area contributed by atoms with Crippen LogP contribution in [0.1, 0.15) is 29.2 Å². The molecule has 5 aromatic rings. The molecule has 3 nitrogen and oxygen atoms in total. The number of fused-ring (bicyclic) bond motifs is 3. The van der Waals surface area contributed by atoms with Crippen LogP contribution in [-0.4, -0.2) is 19.2 Å². The van der Waals surface area contributed by atoms with Crippen molar-refractivity contribution in [3.8, 4) is 28.0 Å². The fraction of sp³-hybridized carbons (Fsp3) is 0.108. The van der Waals surface area contributed by atoms with Crippen molar-refractivity contribution in [2.75, 3.05) is 13.2 Å². The summed E-state index contributed by atoms with van der Waals surface area (Å²) in [4.78, 5) is 11.8. The van der Waals surface area contributed by atoms with Crippen molar-refractivity contribution >= 4 is 5.97 Å². The normalized spacial score (nSPS) is 12.7. The molecule has 0 saturated heterocycles. The van der Waals surface area contributed by atoms with Gasteiger partial charge in [-0.3, -0.25) is 0 Å². The summed E-state index contributed by atoms with van der Waals surface area (Å²) < 4.78 is 11.5. The Morgan fingerprint density at radius 2 is 1.23 bits per heavy atom.